The maximum atomic E-state index is 13.2. The third kappa shape index (κ3) is 6.49. The molecule has 0 bridgehead atoms. The van der Waals surface area contributed by atoms with Crippen molar-refractivity contribution in [3.63, 3.8) is 0 Å². The number of methoxy groups -OCH3 is 2. The van der Waals surface area contributed by atoms with Gasteiger partial charge in [-0.05, 0) is 55.3 Å². The first kappa shape index (κ1) is 25.1. The third-order valence-electron chi connectivity index (χ3n) is 5.01. The molecule has 1 unspecified atom stereocenters. The molecule has 0 aliphatic heterocycles. The highest BCUT2D eigenvalue weighted by Crippen LogP contribution is 2.29. The molecule has 0 fully saturated rings. The van der Waals surface area contributed by atoms with Gasteiger partial charge in [-0.3, -0.25) is 4.79 Å². The number of sulfonamides is 1. The summed E-state index contributed by atoms with van der Waals surface area (Å²) >= 11 is 0. The Kier molecular flexibility index (Phi) is 8.50. The van der Waals surface area contributed by atoms with Gasteiger partial charge in [-0.2, -0.15) is 4.72 Å². The van der Waals surface area contributed by atoms with Crippen LogP contribution < -0.4 is 24.2 Å². The first-order valence-corrected chi connectivity index (χ1v) is 12.2. The third-order valence-corrected chi connectivity index (χ3v) is 6.50. The second kappa shape index (κ2) is 11.5. The van der Waals surface area contributed by atoms with Gasteiger partial charge in [-0.15, -0.1) is 0 Å². The molecule has 1 amide bonds. The molecule has 3 aromatic carbocycles. The molecular weight excluding hydrogens is 456 g/mol. The molecule has 3 aromatic rings. The number of nitrogens with one attached hydrogen (secondary N) is 2. The number of hydrogen-bond acceptors (Lipinski definition) is 6. The number of rotatable bonds is 11. The van der Waals surface area contributed by atoms with Crippen molar-refractivity contribution in [3.05, 3.63) is 78.4 Å². The number of carbonyl (C=O) groups excluding carboxylic acids is 1. The van der Waals surface area contributed by atoms with Crippen molar-refractivity contribution in [2.75, 3.05) is 26.1 Å². The van der Waals surface area contributed by atoms with E-state index in [1.54, 1.807) is 30.3 Å². The van der Waals surface area contributed by atoms with Crippen LogP contribution in [0.25, 0.3) is 0 Å². The quantitative estimate of drug-likeness (QED) is 0.431. The Hall–Kier alpha value is -3.56. The number of anilines is 1. The lowest BCUT2D eigenvalue weighted by Gasteiger charge is -2.20. The summed E-state index contributed by atoms with van der Waals surface area (Å²) in [5.74, 6) is 0.987. The first-order chi connectivity index (χ1) is 16.4. The summed E-state index contributed by atoms with van der Waals surface area (Å²) < 4.78 is 44.6. The lowest BCUT2D eigenvalue weighted by Crippen LogP contribution is -2.45. The van der Waals surface area contributed by atoms with Crippen LogP contribution in [0.2, 0.25) is 0 Å². The minimum Gasteiger partial charge on any atom is -0.497 e. The maximum Gasteiger partial charge on any atom is 0.243 e. The van der Waals surface area contributed by atoms with Gasteiger partial charge in [-0.25, -0.2) is 8.42 Å². The summed E-state index contributed by atoms with van der Waals surface area (Å²) in [6.45, 7) is 2.31. The van der Waals surface area contributed by atoms with Crippen LogP contribution in [0.15, 0.2) is 77.7 Å². The van der Waals surface area contributed by atoms with Crippen LogP contribution in [-0.2, 0) is 21.2 Å². The predicted octanol–water partition coefficient (Wildman–Crippen LogP) is 3.63. The maximum absolute atomic E-state index is 13.2. The summed E-state index contributed by atoms with van der Waals surface area (Å²) in [4.78, 5) is 13.3. The standard InChI is InChI=1S/C25H28N2O6S/c1-4-33-19-10-13-21(14-11-19)34(29,30)27-23(16-18-8-6-5-7-9-18)25(28)26-22-15-12-20(31-2)17-24(22)32-3/h5-15,17,23,27H,4,16H2,1-3H3,(H,26,28). The highest BCUT2D eigenvalue weighted by atomic mass is 32.2. The second-order valence-corrected chi connectivity index (χ2v) is 9.04. The van der Waals surface area contributed by atoms with Crippen LogP contribution in [0, 0.1) is 0 Å². The summed E-state index contributed by atoms with van der Waals surface area (Å²) in [7, 11) is -0.993. The summed E-state index contributed by atoms with van der Waals surface area (Å²) in [5.41, 5.74) is 1.20. The molecule has 0 spiro atoms. The molecule has 180 valence electrons. The van der Waals surface area contributed by atoms with Crippen molar-refractivity contribution in [2.45, 2.75) is 24.3 Å². The highest BCUT2D eigenvalue weighted by Gasteiger charge is 2.27. The Morgan fingerprint density at radius 2 is 1.59 bits per heavy atom. The zero-order valence-electron chi connectivity index (χ0n) is 19.3. The van der Waals surface area contributed by atoms with E-state index in [-0.39, 0.29) is 11.3 Å². The number of ether oxygens (including phenoxy) is 3. The normalized spacial score (nSPS) is 12.0. The van der Waals surface area contributed by atoms with E-state index in [0.717, 1.165) is 5.56 Å². The lowest BCUT2D eigenvalue weighted by atomic mass is 10.1. The highest BCUT2D eigenvalue weighted by molar-refractivity contribution is 7.89. The Bertz CT molecular complexity index is 1200. The van der Waals surface area contributed by atoms with Gasteiger partial charge in [0.25, 0.3) is 0 Å². The molecule has 0 heterocycles. The minimum absolute atomic E-state index is 0.0313. The van der Waals surface area contributed by atoms with Crippen LogP contribution in [0.3, 0.4) is 0 Å². The van der Waals surface area contributed by atoms with Crippen molar-refractivity contribution in [2.24, 2.45) is 0 Å². The number of benzene rings is 3. The fourth-order valence-corrected chi connectivity index (χ4v) is 4.49. The van der Waals surface area contributed by atoms with Gasteiger partial charge in [-0.1, -0.05) is 30.3 Å². The van der Waals surface area contributed by atoms with Crippen LogP contribution in [0.5, 0.6) is 17.2 Å². The fraction of sp³-hybridized carbons (Fsp3) is 0.240. The summed E-state index contributed by atoms with van der Waals surface area (Å²) in [6.07, 6.45) is 0.154. The lowest BCUT2D eigenvalue weighted by molar-refractivity contribution is -0.117. The van der Waals surface area contributed by atoms with Gasteiger partial charge in [0.05, 0.1) is 31.4 Å². The molecule has 0 aromatic heterocycles. The van der Waals surface area contributed by atoms with Crippen molar-refractivity contribution >= 4 is 21.6 Å². The van der Waals surface area contributed by atoms with Crippen LogP contribution in [-0.4, -0.2) is 41.2 Å². The molecule has 0 saturated carbocycles. The Balaban J connectivity index is 1.86. The molecule has 34 heavy (non-hydrogen) atoms. The fourth-order valence-electron chi connectivity index (χ4n) is 3.30. The Morgan fingerprint density at radius 3 is 2.21 bits per heavy atom. The van der Waals surface area contributed by atoms with E-state index >= 15 is 0 Å². The number of amides is 1. The monoisotopic (exact) mass is 484 g/mol. The van der Waals surface area contributed by atoms with Gasteiger partial charge >= 0.3 is 0 Å². The van der Waals surface area contributed by atoms with Crippen LogP contribution >= 0.6 is 0 Å². The largest absolute Gasteiger partial charge is 0.497 e. The number of hydrogen-bond donors (Lipinski definition) is 2. The SMILES string of the molecule is CCOc1ccc(S(=O)(=O)NC(Cc2ccccc2)C(=O)Nc2ccc(OC)cc2OC)cc1. The summed E-state index contributed by atoms with van der Waals surface area (Å²) in [6, 6.07) is 19.1. The smallest absolute Gasteiger partial charge is 0.243 e. The van der Waals surface area contributed by atoms with Crippen molar-refractivity contribution in [1.29, 1.82) is 0 Å². The molecule has 8 nitrogen and oxygen atoms in total. The molecule has 0 radical (unpaired) electrons. The van der Waals surface area contributed by atoms with Gasteiger partial charge in [0.15, 0.2) is 0 Å². The van der Waals surface area contributed by atoms with Gasteiger partial charge < -0.3 is 19.5 Å². The Labute approximate surface area is 199 Å². The van der Waals surface area contributed by atoms with E-state index in [0.29, 0.717) is 29.5 Å². The topological polar surface area (TPSA) is 103 Å². The molecule has 0 aliphatic carbocycles. The van der Waals surface area contributed by atoms with E-state index in [9.17, 15) is 13.2 Å². The minimum atomic E-state index is -3.99. The average Bonchev–Trinajstić information content (AvgIpc) is 2.85. The van der Waals surface area contributed by atoms with Crippen molar-refractivity contribution in [3.8, 4) is 17.2 Å². The van der Waals surface area contributed by atoms with Gasteiger partial charge in [0.2, 0.25) is 15.9 Å². The van der Waals surface area contributed by atoms with E-state index in [2.05, 4.69) is 10.0 Å². The van der Waals surface area contributed by atoms with Crippen molar-refractivity contribution in [1.82, 2.24) is 4.72 Å². The first-order valence-electron chi connectivity index (χ1n) is 10.7. The molecule has 0 aliphatic rings. The molecule has 2 N–H and O–H groups in total. The second-order valence-electron chi connectivity index (χ2n) is 7.32. The zero-order valence-corrected chi connectivity index (χ0v) is 20.1. The summed E-state index contributed by atoms with van der Waals surface area (Å²) in [5, 5.41) is 2.77. The Morgan fingerprint density at radius 1 is 0.912 bits per heavy atom. The molecule has 3 rings (SSSR count). The van der Waals surface area contributed by atoms with E-state index in [4.69, 9.17) is 14.2 Å². The van der Waals surface area contributed by atoms with E-state index < -0.39 is 22.0 Å². The van der Waals surface area contributed by atoms with Gasteiger partial charge in [0, 0.05) is 6.07 Å². The average molecular weight is 485 g/mol. The van der Waals surface area contributed by atoms with E-state index in [1.165, 1.54) is 26.4 Å². The van der Waals surface area contributed by atoms with E-state index in [1.807, 2.05) is 37.3 Å². The van der Waals surface area contributed by atoms with Gasteiger partial charge in [0.1, 0.15) is 23.3 Å². The van der Waals surface area contributed by atoms with Crippen LogP contribution in [0.1, 0.15) is 12.5 Å². The molecule has 9 heteroatoms. The molecule has 1 atom stereocenters. The molecule has 0 saturated heterocycles. The zero-order chi connectivity index (χ0) is 24.6. The number of carbonyl (C=O) groups is 1. The predicted molar refractivity (Wildman–Crippen MR) is 130 cm³/mol. The molecular formula is C25H28N2O6S. The van der Waals surface area contributed by atoms with Crippen LogP contribution in [0.4, 0.5) is 5.69 Å². The van der Waals surface area contributed by atoms with Crippen molar-refractivity contribution < 1.29 is 27.4 Å².